The van der Waals surface area contributed by atoms with E-state index in [4.69, 9.17) is 11.6 Å². The molecule has 7 heteroatoms. The van der Waals surface area contributed by atoms with Crippen molar-refractivity contribution in [2.24, 2.45) is 0 Å². The molecule has 6 nitrogen and oxygen atoms in total. The molecule has 1 aromatic heterocycles. The number of hydrogen-bond donors (Lipinski definition) is 1. The Kier molecular flexibility index (Phi) is 3.46. The zero-order valence-corrected chi connectivity index (χ0v) is 14.1. The molecule has 0 spiro atoms. The summed E-state index contributed by atoms with van der Waals surface area (Å²) in [4.78, 5) is 26.3. The zero-order valence-electron chi connectivity index (χ0n) is 13.4. The molecule has 126 valence electrons. The number of aromatic nitrogens is 1. The standard InChI is InChI=1S/C17H18ClN3O3/c1-19-7-4-10-14-11(16(22)12(17(23)24)9-21(14)19)8-13(18)15(10)20-5-2-3-6-20/h8-9H,2-7H2,1H3,(H,23,24). The SMILES string of the molecule is CN1CCc2c(N3CCCC3)c(Cl)cc3c(=O)c(C(=O)O)cn1c23. The average molecular weight is 348 g/mol. The van der Waals surface area contributed by atoms with E-state index in [1.165, 1.54) is 6.20 Å². The second-order valence-corrected chi connectivity index (χ2v) is 6.84. The van der Waals surface area contributed by atoms with Crippen molar-refractivity contribution in [1.82, 2.24) is 4.68 Å². The number of aromatic carboxylic acids is 1. The Bertz CT molecular complexity index is 916. The second-order valence-electron chi connectivity index (χ2n) is 6.43. The van der Waals surface area contributed by atoms with Gasteiger partial charge in [-0.3, -0.25) is 9.47 Å². The van der Waals surface area contributed by atoms with Gasteiger partial charge in [0.1, 0.15) is 5.56 Å². The highest BCUT2D eigenvalue weighted by molar-refractivity contribution is 6.34. The summed E-state index contributed by atoms with van der Waals surface area (Å²) in [5.74, 6) is -1.22. The van der Waals surface area contributed by atoms with Gasteiger partial charge in [-0.15, -0.1) is 0 Å². The molecule has 1 fully saturated rings. The molecule has 2 aliphatic rings. The van der Waals surface area contributed by atoms with Crippen LogP contribution in [0.2, 0.25) is 5.02 Å². The number of pyridine rings is 1. The normalized spacial score (nSPS) is 16.9. The molecule has 3 heterocycles. The van der Waals surface area contributed by atoms with Crippen molar-refractivity contribution in [2.75, 3.05) is 36.6 Å². The monoisotopic (exact) mass is 347 g/mol. The van der Waals surface area contributed by atoms with Gasteiger partial charge < -0.3 is 15.0 Å². The Morgan fingerprint density at radius 1 is 1.25 bits per heavy atom. The fourth-order valence-electron chi connectivity index (χ4n) is 3.83. The molecule has 0 amide bonds. The van der Waals surface area contributed by atoms with Crippen molar-refractivity contribution in [3.05, 3.63) is 38.6 Å². The second kappa shape index (κ2) is 5.41. The van der Waals surface area contributed by atoms with E-state index in [1.54, 1.807) is 10.7 Å². The van der Waals surface area contributed by atoms with Crippen LogP contribution in [0.5, 0.6) is 0 Å². The van der Waals surface area contributed by atoms with E-state index in [1.807, 2.05) is 12.1 Å². The van der Waals surface area contributed by atoms with E-state index in [2.05, 4.69) is 4.90 Å². The first-order valence-electron chi connectivity index (χ1n) is 8.09. The van der Waals surface area contributed by atoms with Gasteiger partial charge in [-0.2, -0.15) is 0 Å². The van der Waals surface area contributed by atoms with Crippen LogP contribution in [0.3, 0.4) is 0 Å². The highest BCUT2D eigenvalue weighted by atomic mass is 35.5. The number of carboxylic acid groups (broad SMARTS) is 1. The van der Waals surface area contributed by atoms with Crippen LogP contribution in [0, 0.1) is 0 Å². The summed E-state index contributed by atoms with van der Waals surface area (Å²) < 4.78 is 1.79. The maximum Gasteiger partial charge on any atom is 0.341 e. The van der Waals surface area contributed by atoms with Gasteiger partial charge in [0.15, 0.2) is 0 Å². The summed E-state index contributed by atoms with van der Waals surface area (Å²) in [7, 11) is 1.89. The molecule has 0 unspecified atom stereocenters. The molecule has 1 N–H and O–H groups in total. The summed E-state index contributed by atoms with van der Waals surface area (Å²) in [6.45, 7) is 2.67. The molecule has 2 aliphatic heterocycles. The molecule has 1 saturated heterocycles. The molecule has 0 radical (unpaired) electrons. The van der Waals surface area contributed by atoms with Gasteiger partial charge >= 0.3 is 5.97 Å². The third-order valence-electron chi connectivity index (χ3n) is 5.00. The number of halogens is 1. The Morgan fingerprint density at radius 2 is 1.96 bits per heavy atom. The van der Waals surface area contributed by atoms with Crippen LogP contribution >= 0.6 is 11.6 Å². The maximum absolute atomic E-state index is 12.6. The van der Waals surface area contributed by atoms with Gasteiger partial charge in [0.25, 0.3) is 0 Å². The van der Waals surface area contributed by atoms with Crippen molar-refractivity contribution < 1.29 is 9.90 Å². The molecule has 0 saturated carbocycles. The summed E-state index contributed by atoms with van der Waals surface area (Å²) in [6, 6.07) is 1.64. The summed E-state index contributed by atoms with van der Waals surface area (Å²) in [5, 5.41) is 12.2. The summed E-state index contributed by atoms with van der Waals surface area (Å²) >= 11 is 6.53. The van der Waals surface area contributed by atoms with Crippen LogP contribution in [0.15, 0.2) is 17.1 Å². The molecule has 0 aliphatic carbocycles. The molecule has 0 atom stereocenters. The minimum absolute atomic E-state index is 0.229. The predicted molar refractivity (Wildman–Crippen MR) is 94.3 cm³/mol. The van der Waals surface area contributed by atoms with Crippen LogP contribution < -0.4 is 15.3 Å². The van der Waals surface area contributed by atoms with Gasteiger partial charge in [0.05, 0.1) is 21.6 Å². The van der Waals surface area contributed by atoms with Crippen LogP contribution in [0.4, 0.5) is 5.69 Å². The number of rotatable bonds is 2. The summed E-state index contributed by atoms with van der Waals surface area (Å²) in [6.07, 6.45) is 4.49. The molecule has 0 bridgehead atoms. The lowest BCUT2D eigenvalue weighted by molar-refractivity contribution is 0.0695. The number of hydrogen-bond acceptors (Lipinski definition) is 4. The number of likely N-dealkylation sites (N-methyl/N-ethyl adjacent to an activating group) is 1. The third kappa shape index (κ3) is 2.09. The molecule has 24 heavy (non-hydrogen) atoms. The first kappa shape index (κ1) is 15.3. The van der Waals surface area contributed by atoms with Crippen LogP contribution in [0.25, 0.3) is 10.9 Å². The largest absolute Gasteiger partial charge is 0.477 e. The molecular weight excluding hydrogens is 330 g/mol. The van der Waals surface area contributed by atoms with Gasteiger partial charge in [0.2, 0.25) is 5.43 Å². The average Bonchev–Trinajstić information content (AvgIpc) is 3.06. The Labute approximate surface area is 143 Å². The fourth-order valence-corrected chi connectivity index (χ4v) is 4.17. The number of nitrogens with zero attached hydrogens (tertiary/aromatic N) is 3. The van der Waals surface area contributed by atoms with Crippen LogP contribution in [-0.4, -0.2) is 42.4 Å². The van der Waals surface area contributed by atoms with Crippen molar-refractivity contribution in [3.8, 4) is 0 Å². The zero-order chi connectivity index (χ0) is 17.0. The van der Waals surface area contributed by atoms with Crippen molar-refractivity contribution in [3.63, 3.8) is 0 Å². The Balaban J connectivity index is 2.11. The lowest BCUT2D eigenvalue weighted by atomic mass is 10.00. The number of carboxylic acids is 1. The van der Waals surface area contributed by atoms with Crippen molar-refractivity contribution in [1.29, 1.82) is 0 Å². The van der Waals surface area contributed by atoms with E-state index < -0.39 is 11.4 Å². The first-order chi connectivity index (χ1) is 11.5. The topological polar surface area (TPSA) is 65.8 Å². The van der Waals surface area contributed by atoms with Gasteiger partial charge in [-0.1, -0.05) is 11.6 Å². The lowest BCUT2D eigenvalue weighted by Crippen LogP contribution is -2.39. The highest BCUT2D eigenvalue weighted by Crippen LogP contribution is 2.38. The minimum atomic E-state index is -1.22. The van der Waals surface area contributed by atoms with E-state index >= 15 is 0 Å². The predicted octanol–water partition coefficient (Wildman–Crippen LogP) is 2.08. The third-order valence-corrected chi connectivity index (χ3v) is 5.29. The highest BCUT2D eigenvalue weighted by Gasteiger charge is 2.28. The van der Waals surface area contributed by atoms with Crippen molar-refractivity contribution >= 4 is 34.2 Å². The quantitative estimate of drug-likeness (QED) is 0.901. The van der Waals surface area contributed by atoms with Crippen LogP contribution in [0.1, 0.15) is 28.8 Å². The smallest absolute Gasteiger partial charge is 0.341 e. The minimum Gasteiger partial charge on any atom is -0.477 e. The Hall–Kier alpha value is -2.21. The Morgan fingerprint density at radius 3 is 2.62 bits per heavy atom. The molecule has 1 aromatic carbocycles. The number of anilines is 1. The van der Waals surface area contributed by atoms with E-state index in [-0.39, 0.29) is 5.56 Å². The van der Waals surface area contributed by atoms with Crippen LogP contribution in [-0.2, 0) is 6.42 Å². The van der Waals surface area contributed by atoms with Gasteiger partial charge in [-0.25, -0.2) is 4.79 Å². The van der Waals surface area contributed by atoms with E-state index in [9.17, 15) is 14.7 Å². The molecule has 2 aromatic rings. The summed E-state index contributed by atoms with van der Waals surface area (Å²) in [5.41, 5.74) is 2.13. The molecule has 4 rings (SSSR count). The van der Waals surface area contributed by atoms with E-state index in [0.717, 1.165) is 55.7 Å². The lowest BCUT2D eigenvalue weighted by Gasteiger charge is -2.34. The van der Waals surface area contributed by atoms with Crippen molar-refractivity contribution in [2.45, 2.75) is 19.3 Å². The maximum atomic E-state index is 12.6. The molecular formula is C17H18ClN3O3. The van der Waals surface area contributed by atoms with Gasteiger partial charge in [0, 0.05) is 38.4 Å². The van der Waals surface area contributed by atoms with Gasteiger partial charge in [-0.05, 0) is 25.3 Å². The fraction of sp³-hybridized carbons (Fsp3) is 0.412. The first-order valence-corrected chi connectivity index (χ1v) is 8.47. The van der Waals surface area contributed by atoms with E-state index in [0.29, 0.717) is 10.4 Å². The number of carbonyl (C=O) groups is 1. The number of benzene rings is 1.